The van der Waals surface area contributed by atoms with E-state index in [1.165, 1.54) is 0 Å². The Morgan fingerprint density at radius 2 is 1.88 bits per heavy atom. The van der Waals surface area contributed by atoms with Crippen molar-refractivity contribution in [3.8, 4) is 11.4 Å². The molecular weight excluding hydrogens is 304 g/mol. The van der Waals surface area contributed by atoms with E-state index in [-0.39, 0.29) is 6.61 Å². The molecule has 6 nitrogen and oxygen atoms in total. The zero-order valence-corrected chi connectivity index (χ0v) is 13.8. The predicted molar refractivity (Wildman–Crippen MR) is 93.9 cm³/mol. The standard InChI is InChI=1S/C18H20N4O2/c1-22(11-14(23)12-24-2)18-15-5-3-4-6-16(15)20-17(21-18)13-7-9-19-10-8-13/h3-10,14,23H,11-12H2,1-2H3. The zero-order valence-electron chi connectivity index (χ0n) is 13.8. The fourth-order valence-corrected chi connectivity index (χ4v) is 2.63. The van der Waals surface area contributed by atoms with E-state index in [1.54, 1.807) is 19.5 Å². The summed E-state index contributed by atoms with van der Waals surface area (Å²) in [6, 6.07) is 11.6. The number of rotatable bonds is 6. The first-order valence-corrected chi connectivity index (χ1v) is 7.74. The summed E-state index contributed by atoms with van der Waals surface area (Å²) in [6.45, 7) is 0.704. The van der Waals surface area contributed by atoms with Crippen LogP contribution in [0.15, 0.2) is 48.8 Å². The molecule has 0 aliphatic heterocycles. The quantitative estimate of drug-likeness (QED) is 0.749. The molecular formula is C18H20N4O2. The molecule has 2 aromatic heterocycles. The minimum atomic E-state index is -0.585. The van der Waals surface area contributed by atoms with Gasteiger partial charge in [0.15, 0.2) is 5.82 Å². The summed E-state index contributed by atoms with van der Waals surface area (Å²) in [5.41, 5.74) is 1.77. The Hall–Kier alpha value is -2.57. The van der Waals surface area contributed by atoms with Gasteiger partial charge in [-0.3, -0.25) is 4.98 Å². The molecule has 0 aliphatic rings. The largest absolute Gasteiger partial charge is 0.389 e. The van der Waals surface area contributed by atoms with Crippen LogP contribution < -0.4 is 4.90 Å². The molecule has 1 aromatic carbocycles. The van der Waals surface area contributed by atoms with Crippen LogP contribution >= 0.6 is 0 Å². The van der Waals surface area contributed by atoms with Gasteiger partial charge in [0.25, 0.3) is 0 Å². The Kier molecular flexibility index (Phi) is 4.98. The van der Waals surface area contributed by atoms with Gasteiger partial charge in [0.05, 0.1) is 18.2 Å². The molecule has 2 heterocycles. The number of aliphatic hydroxyl groups excluding tert-OH is 1. The van der Waals surface area contributed by atoms with Crippen molar-refractivity contribution in [2.75, 3.05) is 32.2 Å². The van der Waals surface area contributed by atoms with Crippen molar-refractivity contribution in [3.05, 3.63) is 48.8 Å². The number of aliphatic hydroxyl groups is 1. The van der Waals surface area contributed by atoms with Crippen LogP contribution in [-0.4, -0.2) is 53.5 Å². The SMILES string of the molecule is COCC(O)CN(C)c1nc(-c2ccncc2)nc2ccccc12. The highest BCUT2D eigenvalue weighted by Crippen LogP contribution is 2.26. The topological polar surface area (TPSA) is 71.4 Å². The van der Waals surface area contributed by atoms with E-state index in [1.807, 2.05) is 48.3 Å². The number of ether oxygens (including phenoxy) is 1. The van der Waals surface area contributed by atoms with Crippen molar-refractivity contribution in [1.29, 1.82) is 0 Å². The molecule has 0 saturated carbocycles. The van der Waals surface area contributed by atoms with Gasteiger partial charge in [-0.05, 0) is 24.3 Å². The average molecular weight is 324 g/mol. The van der Waals surface area contributed by atoms with Crippen molar-refractivity contribution in [1.82, 2.24) is 15.0 Å². The lowest BCUT2D eigenvalue weighted by molar-refractivity contribution is 0.0694. The van der Waals surface area contributed by atoms with Gasteiger partial charge in [0.2, 0.25) is 0 Å². The Morgan fingerprint density at radius 3 is 2.62 bits per heavy atom. The Bertz CT molecular complexity index is 810. The van der Waals surface area contributed by atoms with E-state index in [4.69, 9.17) is 9.72 Å². The van der Waals surface area contributed by atoms with E-state index < -0.39 is 6.10 Å². The third kappa shape index (κ3) is 3.50. The molecule has 24 heavy (non-hydrogen) atoms. The summed E-state index contributed by atoms with van der Waals surface area (Å²) in [5.74, 6) is 1.42. The lowest BCUT2D eigenvalue weighted by atomic mass is 10.2. The first-order chi connectivity index (χ1) is 11.7. The number of pyridine rings is 1. The zero-order chi connectivity index (χ0) is 16.9. The Balaban J connectivity index is 2.05. The average Bonchev–Trinajstić information content (AvgIpc) is 2.61. The lowest BCUT2D eigenvalue weighted by Gasteiger charge is -2.23. The van der Waals surface area contributed by atoms with Crippen LogP contribution in [0.3, 0.4) is 0 Å². The minimum Gasteiger partial charge on any atom is -0.389 e. The molecule has 6 heteroatoms. The fraction of sp³-hybridized carbons (Fsp3) is 0.278. The molecule has 0 radical (unpaired) electrons. The van der Waals surface area contributed by atoms with Crippen LogP contribution in [0, 0.1) is 0 Å². The number of hydrogen-bond donors (Lipinski definition) is 1. The van der Waals surface area contributed by atoms with E-state index in [0.717, 1.165) is 22.3 Å². The van der Waals surface area contributed by atoms with Gasteiger partial charge >= 0.3 is 0 Å². The number of likely N-dealkylation sites (N-methyl/N-ethyl adjacent to an activating group) is 1. The maximum atomic E-state index is 10.0. The maximum absolute atomic E-state index is 10.0. The molecule has 3 rings (SSSR count). The second-order valence-electron chi connectivity index (χ2n) is 5.61. The summed E-state index contributed by atoms with van der Waals surface area (Å²) in [5, 5.41) is 11.0. The molecule has 0 amide bonds. The molecule has 1 atom stereocenters. The maximum Gasteiger partial charge on any atom is 0.162 e. The molecule has 1 N–H and O–H groups in total. The summed E-state index contributed by atoms with van der Waals surface area (Å²) in [4.78, 5) is 15.3. The summed E-state index contributed by atoms with van der Waals surface area (Å²) >= 11 is 0. The number of anilines is 1. The van der Waals surface area contributed by atoms with Crippen molar-refractivity contribution in [3.63, 3.8) is 0 Å². The normalized spacial score (nSPS) is 12.3. The van der Waals surface area contributed by atoms with Gasteiger partial charge in [0, 0.05) is 44.0 Å². The fourth-order valence-electron chi connectivity index (χ4n) is 2.63. The third-order valence-corrected chi connectivity index (χ3v) is 3.73. The molecule has 0 aliphatic carbocycles. The molecule has 3 aromatic rings. The van der Waals surface area contributed by atoms with Gasteiger partial charge in [-0.25, -0.2) is 9.97 Å². The van der Waals surface area contributed by atoms with Gasteiger partial charge < -0.3 is 14.7 Å². The van der Waals surface area contributed by atoms with Crippen LogP contribution in [0.1, 0.15) is 0 Å². The Morgan fingerprint density at radius 1 is 1.12 bits per heavy atom. The van der Waals surface area contributed by atoms with E-state index >= 15 is 0 Å². The summed E-state index contributed by atoms with van der Waals surface area (Å²) in [7, 11) is 3.48. The van der Waals surface area contributed by atoms with Crippen LogP contribution in [-0.2, 0) is 4.74 Å². The number of para-hydroxylation sites is 1. The van der Waals surface area contributed by atoms with Crippen LogP contribution in [0.25, 0.3) is 22.3 Å². The van der Waals surface area contributed by atoms with Crippen molar-refractivity contribution >= 4 is 16.7 Å². The van der Waals surface area contributed by atoms with Gasteiger partial charge in [-0.15, -0.1) is 0 Å². The number of hydrogen-bond acceptors (Lipinski definition) is 6. The highest BCUT2D eigenvalue weighted by molar-refractivity contribution is 5.90. The Labute approximate surface area is 140 Å². The molecule has 1 unspecified atom stereocenters. The number of methoxy groups -OCH3 is 1. The first kappa shape index (κ1) is 16.3. The smallest absolute Gasteiger partial charge is 0.162 e. The van der Waals surface area contributed by atoms with Crippen molar-refractivity contribution in [2.45, 2.75) is 6.10 Å². The van der Waals surface area contributed by atoms with Crippen LogP contribution in [0.4, 0.5) is 5.82 Å². The molecule has 0 bridgehead atoms. The van der Waals surface area contributed by atoms with E-state index in [0.29, 0.717) is 12.4 Å². The highest BCUT2D eigenvalue weighted by atomic mass is 16.5. The second kappa shape index (κ2) is 7.33. The van der Waals surface area contributed by atoms with E-state index in [2.05, 4.69) is 9.97 Å². The van der Waals surface area contributed by atoms with E-state index in [9.17, 15) is 5.11 Å². The monoisotopic (exact) mass is 324 g/mol. The summed E-state index contributed by atoms with van der Waals surface area (Å²) in [6.07, 6.45) is 2.86. The van der Waals surface area contributed by atoms with Gasteiger partial charge in [-0.1, -0.05) is 12.1 Å². The van der Waals surface area contributed by atoms with Gasteiger partial charge in [-0.2, -0.15) is 0 Å². The summed E-state index contributed by atoms with van der Waals surface area (Å²) < 4.78 is 5.00. The predicted octanol–water partition coefficient (Wildman–Crippen LogP) is 2.14. The molecule has 0 spiro atoms. The lowest BCUT2D eigenvalue weighted by Crippen LogP contribution is -2.32. The second-order valence-corrected chi connectivity index (χ2v) is 5.61. The third-order valence-electron chi connectivity index (χ3n) is 3.73. The first-order valence-electron chi connectivity index (χ1n) is 7.74. The minimum absolute atomic E-state index is 0.282. The van der Waals surface area contributed by atoms with Crippen molar-refractivity contribution in [2.24, 2.45) is 0 Å². The number of benzene rings is 1. The number of nitrogens with zero attached hydrogens (tertiary/aromatic N) is 4. The van der Waals surface area contributed by atoms with Gasteiger partial charge in [0.1, 0.15) is 5.82 Å². The van der Waals surface area contributed by atoms with Crippen LogP contribution in [0.2, 0.25) is 0 Å². The molecule has 0 saturated heterocycles. The highest BCUT2D eigenvalue weighted by Gasteiger charge is 2.15. The van der Waals surface area contributed by atoms with Crippen molar-refractivity contribution < 1.29 is 9.84 Å². The number of aromatic nitrogens is 3. The molecule has 0 fully saturated rings. The van der Waals surface area contributed by atoms with Crippen LogP contribution in [0.5, 0.6) is 0 Å². The number of fused-ring (bicyclic) bond motifs is 1. The molecule has 124 valence electrons.